The number of halogens is 3. The van der Waals surface area contributed by atoms with Crippen molar-refractivity contribution in [2.45, 2.75) is 11.3 Å². The summed E-state index contributed by atoms with van der Waals surface area (Å²) in [6.07, 6.45) is -4.82. The Morgan fingerprint density at radius 3 is 2.35 bits per heavy atom. The number of carboxylic acids is 1. The number of furan rings is 1. The van der Waals surface area contributed by atoms with Gasteiger partial charge in [-0.2, -0.15) is 17.5 Å². The Balaban J connectivity index is 3.11. The Morgan fingerprint density at radius 2 is 1.95 bits per heavy atom. The fourth-order valence-corrected chi connectivity index (χ4v) is 2.62. The molecule has 1 rings (SSSR count). The highest BCUT2D eigenvalue weighted by atomic mass is 32.2. The van der Waals surface area contributed by atoms with Crippen molar-refractivity contribution >= 4 is 16.0 Å². The van der Waals surface area contributed by atoms with Crippen molar-refractivity contribution in [3.8, 4) is 0 Å². The zero-order valence-electron chi connectivity index (χ0n) is 9.79. The molecule has 20 heavy (non-hydrogen) atoms. The number of aromatic carboxylic acids is 1. The summed E-state index contributed by atoms with van der Waals surface area (Å²) in [5.74, 6) is -2.28. The van der Waals surface area contributed by atoms with Gasteiger partial charge in [-0.3, -0.25) is 0 Å². The molecule has 1 aromatic rings. The molecule has 114 valence electrons. The number of hydrogen-bond donors (Lipinski definition) is 2. The predicted octanol–water partition coefficient (Wildman–Crippen LogP) is 0.523. The third-order valence-electron chi connectivity index (χ3n) is 2.09. The molecule has 0 fully saturated rings. The smallest absolute Gasteiger partial charge is 0.402 e. The third-order valence-corrected chi connectivity index (χ3v) is 3.81. The number of alkyl halides is 3. The molecule has 0 amide bonds. The van der Waals surface area contributed by atoms with Crippen LogP contribution in [0.5, 0.6) is 0 Å². The fourth-order valence-electron chi connectivity index (χ4n) is 1.30. The molecule has 0 aromatic carbocycles. The van der Waals surface area contributed by atoms with Crippen LogP contribution in [0.25, 0.3) is 0 Å². The minimum absolute atomic E-state index is 0.0442. The molecule has 11 heteroatoms. The van der Waals surface area contributed by atoms with Gasteiger partial charge in [-0.05, 0) is 12.1 Å². The van der Waals surface area contributed by atoms with Gasteiger partial charge in [0.15, 0.2) is 0 Å². The van der Waals surface area contributed by atoms with Gasteiger partial charge in [-0.15, -0.1) is 0 Å². The van der Waals surface area contributed by atoms with E-state index in [0.29, 0.717) is 0 Å². The SMILES string of the molecule is O=C(O)c1ccc(S(=O)(=O)N(CCO)CC(F)(F)F)o1. The lowest BCUT2D eigenvalue weighted by molar-refractivity contribution is -0.136. The minimum Gasteiger partial charge on any atom is -0.475 e. The lowest BCUT2D eigenvalue weighted by Gasteiger charge is -2.21. The van der Waals surface area contributed by atoms with E-state index in [-0.39, 0.29) is 4.31 Å². The second-order valence-electron chi connectivity index (χ2n) is 3.60. The molecule has 0 radical (unpaired) electrons. The molecule has 0 unspecified atom stereocenters. The van der Waals surface area contributed by atoms with Gasteiger partial charge in [-0.1, -0.05) is 0 Å². The summed E-state index contributed by atoms with van der Waals surface area (Å²) < 4.78 is 65.0. The Hall–Kier alpha value is -1.59. The van der Waals surface area contributed by atoms with Crippen LogP contribution in [0, 0.1) is 0 Å². The molecule has 0 spiro atoms. The molecule has 1 aromatic heterocycles. The van der Waals surface area contributed by atoms with E-state index < -0.39 is 52.7 Å². The summed E-state index contributed by atoms with van der Waals surface area (Å²) >= 11 is 0. The van der Waals surface area contributed by atoms with Gasteiger partial charge >= 0.3 is 12.1 Å². The van der Waals surface area contributed by atoms with E-state index in [0.717, 1.165) is 12.1 Å². The van der Waals surface area contributed by atoms with Crippen molar-refractivity contribution in [1.82, 2.24) is 4.31 Å². The van der Waals surface area contributed by atoms with Crippen LogP contribution in [0.4, 0.5) is 13.2 Å². The first-order valence-corrected chi connectivity index (χ1v) is 6.53. The quantitative estimate of drug-likeness (QED) is 0.792. The zero-order chi connectivity index (χ0) is 15.6. The number of rotatable bonds is 6. The van der Waals surface area contributed by atoms with Gasteiger partial charge in [0.05, 0.1) is 6.61 Å². The predicted molar refractivity (Wildman–Crippen MR) is 57.6 cm³/mol. The van der Waals surface area contributed by atoms with Crippen LogP contribution in [-0.4, -0.2) is 54.8 Å². The summed E-state index contributed by atoms with van der Waals surface area (Å²) in [4.78, 5) is 10.5. The number of nitrogens with zero attached hydrogens (tertiary/aromatic N) is 1. The van der Waals surface area contributed by atoms with Crippen molar-refractivity contribution in [3.05, 3.63) is 17.9 Å². The molecule has 0 aliphatic heterocycles. The van der Waals surface area contributed by atoms with Gasteiger partial charge in [-0.25, -0.2) is 13.2 Å². The largest absolute Gasteiger partial charge is 0.475 e. The van der Waals surface area contributed by atoms with Crippen molar-refractivity contribution in [1.29, 1.82) is 0 Å². The van der Waals surface area contributed by atoms with Crippen molar-refractivity contribution in [2.24, 2.45) is 0 Å². The summed E-state index contributed by atoms with van der Waals surface area (Å²) in [5.41, 5.74) is 0. The molecular weight excluding hydrogens is 307 g/mol. The standard InChI is InChI=1S/C9H10F3NO6S/c10-9(11,12)5-13(3-4-14)20(17,18)7-2-1-6(19-7)8(15)16/h1-2,14H,3-5H2,(H,15,16). The van der Waals surface area contributed by atoms with Crippen LogP contribution in [0.1, 0.15) is 10.6 Å². The summed E-state index contributed by atoms with van der Waals surface area (Å²) in [7, 11) is -4.69. The van der Waals surface area contributed by atoms with Crippen LogP contribution >= 0.6 is 0 Å². The highest BCUT2D eigenvalue weighted by molar-refractivity contribution is 7.89. The van der Waals surface area contributed by atoms with E-state index in [2.05, 4.69) is 4.42 Å². The Labute approximate surface area is 111 Å². The molecule has 0 atom stereocenters. The molecule has 0 aliphatic rings. The first kappa shape index (κ1) is 16.5. The van der Waals surface area contributed by atoms with Crippen LogP contribution in [0.15, 0.2) is 21.6 Å². The molecule has 7 nitrogen and oxygen atoms in total. The number of aliphatic hydroxyl groups excluding tert-OH is 1. The molecular formula is C9H10F3NO6S. The lowest BCUT2D eigenvalue weighted by atomic mass is 10.5. The van der Waals surface area contributed by atoms with Gasteiger partial charge in [0.25, 0.3) is 10.0 Å². The monoisotopic (exact) mass is 317 g/mol. The highest BCUT2D eigenvalue weighted by Gasteiger charge is 2.38. The van der Waals surface area contributed by atoms with Gasteiger partial charge < -0.3 is 14.6 Å². The summed E-state index contributed by atoms with van der Waals surface area (Å²) in [6, 6.07) is 1.54. The first-order valence-electron chi connectivity index (χ1n) is 5.09. The highest BCUT2D eigenvalue weighted by Crippen LogP contribution is 2.23. The Bertz CT molecular complexity index is 579. The maximum absolute atomic E-state index is 12.3. The second-order valence-corrected chi connectivity index (χ2v) is 5.47. The van der Waals surface area contributed by atoms with E-state index in [9.17, 15) is 26.4 Å². The maximum Gasteiger partial charge on any atom is 0.402 e. The summed E-state index contributed by atoms with van der Waals surface area (Å²) in [6.45, 7) is -3.45. The van der Waals surface area contributed by atoms with Crippen molar-refractivity contribution in [2.75, 3.05) is 19.7 Å². The van der Waals surface area contributed by atoms with Crippen LogP contribution in [-0.2, 0) is 10.0 Å². The molecule has 0 aliphatic carbocycles. The van der Waals surface area contributed by atoms with E-state index in [1.54, 1.807) is 0 Å². The Morgan fingerprint density at radius 1 is 1.35 bits per heavy atom. The zero-order valence-corrected chi connectivity index (χ0v) is 10.6. The number of carboxylic acid groups (broad SMARTS) is 1. The van der Waals surface area contributed by atoms with Crippen LogP contribution in [0.2, 0.25) is 0 Å². The number of aliphatic hydroxyl groups is 1. The minimum atomic E-state index is -4.82. The van der Waals surface area contributed by atoms with E-state index >= 15 is 0 Å². The number of hydrogen-bond acceptors (Lipinski definition) is 5. The molecule has 0 saturated heterocycles. The van der Waals surface area contributed by atoms with Crippen molar-refractivity contribution < 1.29 is 41.0 Å². The van der Waals surface area contributed by atoms with Gasteiger partial charge in [0.1, 0.15) is 6.54 Å². The Kier molecular flexibility index (Phi) is 4.78. The fraction of sp³-hybridized carbons (Fsp3) is 0.444. The molecule has 2 N–H and O–H groups in total. The van der Waals surface area contributed by atoms with E-state index in [1.165, 1.54) is 0 Å². The summed E-state index contributed by atoms with van der Waals surface area (Å²) in [5, 5.41) is 16.3. The molecule has 0 bridgehead atoms. The van der Waals surface area contributed by atoms with Crippen LogP contribution in [0.3, 0.4) is 0 Å². The average Bonchev–Trinajstić information content (AvgIpc) is 2.76. The third kappa shape index (κ3) is 3.95. The van der Waals surface area contributed by atoms with Crippen molar-refractivity contribution in [3.63, 3.8) is 0 Å². The number of sulfonamides is 1. The lowest BCUT2D eigenvalue weighted by Crippen LogP contribution is -2.40. The topological polar surface area (TPSA) is 108 Å². The van der Waals surface area contributed by atoms with E-state index in [1.807, 2.05) is 0 Å². The average molecular weight is 317 g/mol. The molecule has 0 saturated carbocycles. The maximum atomic E-state index is 12.3. The van der Waals surface area contributed by atoms with E-state index in [4.69, 9.17) is 10.2 Å². The first-order chi connectivity index (χ1) is 9.08. The van der Waals surface area contributed by atoms with Gasteiger partial charge in [0, 0.05) is 6.54 Å². The second kappa shape index (κ2) is 5.81. The number of carbonyl (C=O) groups is 1. The van der Waals surface area contributed by atoms with Gasteiger partial charge in [0.2, 0.25) is 10.9 Å². The molecule has 1 heterocycles. The van der Waals surface area contributed by atoms with Crippen LogP contribution < -0.4 is 0 Å². The normalized spacial score (nSPS) is 12.8.